The third-order valence-corrected chi connectivity index (χ3v) is 5.79. The second-order valence-electron chi connectivity index (χ2n) is 7.68. The lowest BCUT2D eigenvalue weighted by Crippen LogP contribution is -2.51. The van der Waals surface area contributed by atoms with Crippen LogP contribution >= 0.6 is 0 Å². The van der Waals surface area contributed by atoms with Crippen LogP contribution in [-0.4, -0.2) is 39.3 Å². The molecule has 5 nitrogen and oxygen atoms in total. The van der Waals surface area contributed by atoms with Crippen molar-refractivity contribution in [3.8, 4) is 0 Å². The summed E-state index contributed by atoms with van der Waals surface area (Å²) in [6.07, 6.45) is 8.42. The highest BCUT2D eigenvalue weighted by Crippen LogP contribution is 2.33. The van der Waals surface area contributed by atoms with Gasteiger partial charge in [0.15, 0.2) is 0 Å². The van der Waals surface area contributed by atoms with Crippen LogP contribution in [0.2, 0.25) is 0 Å². The van der Waals surface area contributed by atoms with Crippen molar-refractivity contribution >= 4 is 11.6 Å². The van der Waals surface area contributed by atoms with Crippen LogP contribution in [0.4, 0.5) is 0 Å². The Morgan fingerprint density at radius 3 is 2.96 bits per heavy atom. The van der Waals surface area contributed by atoms with Crippen LogP contribution in [0.1, 0.15) is 43.9 Å². The molecule has 1 aliphatic carbocycles. The number of pyridine rings is 1. The first-order valence-corrected chi connectivity index (χ1v) is 9.60. The fourth-order valence-corrected chi connectivity index (χ4v) is 4.00. The maximum absolute atomic E-state index is 12.3. The van der Waals surface area contributed by atoms with Crippen molar-refractivity contribution in [3.63, 3.8) is 0 Å². The van der Waals surface area contributed by atoms with E-state index in [9.17, 15) is 4.79 Å². The number of hydrogen-bond acceptors (Lipinski definition) is 3. The Balaban J connectivity index is 1.39. The van der Waals surface area contributed by atoms with Crippen molar-refractivity contribution in [2.24, 2.45) is 11.8 Å². The molecule has 1 N–H and O–H groups in total. The lowest BCUT2D eigenvalue weighted by atomic mass is 9.89. The normalized spacial score (nSPS) is 24.0. The molecule has 0 unspecified atom stereocenters. The minimum atomic E-state index is 0.337. The van der Waals surface area contributed by atoms with Crippen LogP contribution in [0.5, 0.6) is 0 Å². The Hall–Kier alpha value is -1.88. The smallest absolute Gasteiger partial charge is 0.225 e. The molecule has 2 aliphatic rings. The molecule has 1 amide bonds. The van der Waals surface area contributed by atoms with Crippen molar-refractivity contribution < 1.29 is 4.79 Å². The van der Waals surface area contributed by atoms with Gasteiger partial charge in [-0.3, -0.25) is 4.79 Å². The zero-order valence-electron chi connectivity index (χ0n) is 15.2. The van der Waals surface area contributed by atoms with Gasteiger partial charge in [0.1, 0.15) is 5.65 Å². The van der Waals surface area contributed by atoms with E-state index in [0.717, 1.165) is 51.0 Å². The predicted octanol–water partition coefficient (Wildman–Crippen LogP) is 2.77. The van der Waals surface area contributed by atoms with Gasteiger partial charge in [-0.2, -0.15) is 0 Å². The van der Waals surface area contributed by atoms with E-state index in [0.29, 0.717) is 23.8 Å². The van der Waals surface area contributed by atoms with Crippen molar-refractivity contribution in [2.75, 3.05) is 13.1 Å². The number of fused-ring (bicyclic) bond motifs is 1. The molecular formula is C20H28N4O. The Morgan fingerprint density at radius 1 is 1.36 bits per heavy atom. The Labute approximate surface area is 149 Å². The summed E-state index contributed by atoms with van der Waals surface area (Å²) in [4.78, 5) is 19.0. The fourth-order valence-electron chi connectivity index (χ4n) is 4.00. The molecule has 5 heteroatoms. The third kappa shape index (κ3) is 3.43. The lowest BCUT2D eigenvalue weighted by molar-refractivity contribution is -0.134. The van der Waals surface area contributed by atoms with Gasteiger partial charge in [0, 0.05) is 37.8 Å². The first kappa shape index (κ1) is 16.6. The van der Waals surface area contributed by atoms with Gasteiger partial charge >= 0.3 is 0 Å². The van der Waals surface area contributed by atoms with Crippen molar-refractivity contribution in [1.82, 2.24) is 19.6 Å². The highest BCUT2D eigenvalue weighted by Gasteiger charge is 2.37. The average molecular weight is 340 g/mol. The van der Waals surface area contributed by atoms with Crippen LogP contribution in [0.3, 0.4) is 0 Å². The quantitative estimate of drug-likeness (QED) is 0.910. The lowest BCUT2D eigenvalue weighted by Gasteiger charge is -2.39. The SMILES string of the molecule is CC[C@@H]1CN(C(=O)C2CC2)CC[C@H]1NCc1cnc2cc(C)ccn12. The molecule has 0 aromatic carbocycles. The number of aryl methyl sites for hydroxylation is 1. The monoisotopic (exact) mass is 340 g/mol. The Kier molecular flexibility index (Phi) is 4.50. The van der Waals surface area contributed by atoms with E-state index in [2.05, 4.69) is 51.8 Å². The summed E-state index contributed by atoms with van der Waals surface area (Å²) >= 11 is 0. The molecule has 2 atom stereocenters. The number of likely N-dealkylation sites (tertiary alicyclic amines) is 1. The molecule has 4 rings (SSSR count). The molecule has 3 heterocycles. The topological polar surface area (TPSA) is 49.6 Å². The highest BCUT2D eigenvalue weighted by molar-refractivity contribution is 5.81. The predicted molar refractivity (Wildman–Crippen MR) is 98.3 cm³/mol. The first-order chi connectivity index (χ1) is 12.2. The minimum Gasteiger partial charge on any atom is -0.342 e. The molecule has 0 bridgehead atoms. The second-order valence-corrected chi connectivity index (χ2v) is 7.68. The summed E-state index contributed by atoms with van der Waals surface area (Å²) in [7, 11) is 0. The summed E-state index contributed by atoms with van der Waals surface area (Å²) in [5.74, 6) is 1.27. The molecule has 1 saturated carbocycles. The van der Waals surface area contributed by atoms with Crippen LogP contribution in [0, 0.1) is 18.8 Å². The van der Waals surface area contributed by atoms with Gasteiger partial charge in [0.05, 0.1) is 11.9 Å². The van der Waals surface area contributed by atoms with Gasteiger partial charge in [-0.05, 0) is 49.8 Å². The minimum absolute atomic E-state index is 0.337. The van der Waals surface area contributed by atoms with E-state index in [1.165, 1.54) is 11.3 Å². The number of imidazole rings is 1. The van der Waals surface area contributed by atoms with E-state index in [4.69, 9.17) is 0 Å². The molecule has 134 valence electrons. The van der Waals surface area contributed by atoms with Crippen LogP contribution in [0.25, 0.3) is 5.65 Å². The summed E-state index contributed by atoms with van der Waals surface area (Å²) in [6, 6.07) is 4.71. The zero-order chi connectivity index (χ0) is 17.4. The highest BCUT2D eigenvalue weighted by atomic mass is 16.2. The van der Waals surface area contributed by atoms with Gasteiger partial charge < -0.3 is 14.6 Å². The number of hydrogen-bond donors (Lipinski definition) is 1. The fraction of sp³-hybridized carbons (Fsp3) is 0.600. The van der Waals surface area contributed by atoms with Gasteiger partial charge in [-0.15, -0.1) is 0 Å². The Bertz CT molecular complexity index is 764. The average Bonchev–Trinajstić information content (AvgIpc) is 3.40. The maximum Gasteiger partial charge on any atom is 0.225 e. The molecule has 25 heavy (non-hydrogen) atoms. The van der Waals surface area contributed by atoms with Crippen molar-refractivity contribution in [2.45, 2.75) is 52.1 Å². The van der Waals surface area contributed by atoms with E-state index in [1.807, 2.05) is 6.20 Å². The zero-order valence-corrected chi connectivity index (χ0v) is 15.2. The summed E-state index contributed by atoms with van der Waals surface area (Å²) in [6.45, 7) is 6.96. The summed E-state index contributed by atoms with van der Waals surface area (Å²) < 4.78 is 2.16. The number of amides is 1. The number of carbonyl (C=O) groups is 1. The molecule has 0 spiro atoms. The van der Waals surface area contributed by atoms with E-state index in [-0.39, 0.29) is 0 Å². The number of nitrogens with zero attached hydrogens (tertiary/aromatic N) is 3. The molecule has 2 aromatic heterocycles. The number of carbonyl (C=O) groups excluding carboxylic acids is 1. The molecular weight excluding hydrogens is 312 g/mol. The van der Waals surface area contributed by atoms with Gasteiger partial charge in [-0.25, -0.2) is 4.98 Å². The molecule has 2 aromatic rings. The van der Waals surface area contributed by atoms with E-state index in [1.54, 1.807) is 0 Å². The van der Waals surface area contributed by atoms with Crippen molar-refractivity contribution in [1.29, 1.82) is 0 Å². The third-order valence-electron chi connectivity index (χ3n) is 5.79. The molecule has 1 saturated heterocycles. The number of rotatable bonds is 5. The van der Waals surface area contributed by atoms with Crippen molar-refractivity contribution in [3.05, 3.63) is 35.8 Å². The van der Waals surface area contributed by atoms with Gasteiger partial charge in [0.25, 0.3) is 0 Å². The number of nitrogens with one attached hydrogen (secondary N) is 1. The summed E-state index contributed by atoms with van der Waals surface area (Å²) in [5, 5.41) is 3.74. The van der Waals surface area contributed by atoms with Crippen LogP contribution in [-0.2, 0) is 11.3 Å². The standard InChI is InChI=1S/C20H28N4O/c1-3-15-13-23(20(25)16-4-5-16)8-7-18(15)21-11-17-12-22-19-10-14(2)6-9-24(17)19/h6,9-10,12,15-16,18,21H,3-5,7-8,11,13H2,1-2H3/t15-,18-/m1/s1. The van der Waals surface area contributed by atoms with E-state index >= 15 is 0 Å². The largest absolute Gasteiger partial charge is 0.342 e. The molecule has 1 aliphatic heterocycles. The number of piperidine rings is 1. The second kappa shape index (κ2) is 6.79. The van der Waals surface area contributed by atoms with Gasteiger partial charge in [0.2, 0.25) is 5.91 Å². The van der Waals surface area contributed by atoms with E-state index < -0.39 is 0 Å². The summed E-state index contributed by atoms with van der Waals surface area (Å²) in [5.41, 5.74) is 3.44. The Morgan fingerprint density at radius 2 is 2.20 bits per heavy atom. The molecule has 2 fully saturated rings. The first-order valence-electron chi connectivity index (χ1n) is 9.60. The van der Waals surface area contributed by atoms with Crippen LogP contribution in [0.15, 0.2) is 24.5 Å². The van der Waals surface area contributed by atoms with Gasteiger partial charge in [-0.1, -0.05) is 13.3 Å². The number of aromatic nitrogens is 2. The van der Waals surface area contributed by atoms with Crippen LogP contribution < -0.4 is 5.32 Å². The maximum atomic E-state index is 12.3. The molecule has 0 radical (unpaired) electrons.